The molecular formula is C16H25NO2. The van der Waals surface area contributed by atoms with Gasteiger partial charge in [0, 0.05) is 12.2 Å². The number of ether oxygens (including phenoxy) is 2. The van der Waals surface area contributed by atoms with Crippen molar-refractivity contribution in [2.24, 2.45) is 0 Å². The van der Waals surface area contributed by atoms with Gasteiger partial charge in [-0.15, -0.1) is 0 Å². The van der Waals surface area contributed by atoms with E-state index < -0.39 is 0 Å². The molecular weight excluding hydrogens is 238 g/mol. The van der Waals surface area contributed by atoms with E-state index >= 15 is 0 Å². The molecule has 3 heteroatoms. The van der Waals surface area contributed by atoms with Crippen LogP contribution >= 0.6 is 0 Å². The third-order valence-electron chi connectivity index (χ3n) is 3.78. The van der Waals surface area contributed by atoms with Crippen molar-refractivity contribution in [1.29, 1.82) is 0 Å². The lowest BCUT2D eigenvalue weighted by molar-refractivity contribution is 0.0777. The van der Waals surface area contributed by atoms with Gasteiger partial charge in [-0.1, -0.05) is 13.0 Å². The molecule has 0 aromatic heterocycles. The van der Waals surface area contributed by atoms with Crippen molar-refractivity contribution in [3.8, 4) is 5.75 Å². The van der Waals surface area contributed by atoms with E-state index in [2.05, 4.69) is 38.2 Å². The van der Waals surface area contributed by atoms with Crippen molar-refractivity contribution in [2.75, 3.05) is 20.3 Å². The fourth-order valence-electron chi connectivity index (χ4n) is 3.01. The van der Waals surface area contributed by atoms with E-state index in [1.807, 2.05) is 0 Å². The Bertz CT molecular complexity index is 425. The summed E-state index contributed by atoms with van der Waals surface area (Å²) >= 11 is 0. The van der Waals surface area contributed by atoms with Crippen LogP contribution in [-0.2, 0) is 4.74 Å². The van der Waals surface area contributed by atoms with Crippen LogP contribution in [0.25, 0.3) is 0 Å². The molecule has 0 spiro atoms. The van der Waals surface area contributed by atoms with Gasteiger partial charge in [-0.05, 0) is 50.4 Å². The summed E-state index contributed by atoms with van der Waals surface area (Å²) in [5.41, 5.74) is 3.76. The van der Waals surface area contributed by atoms with Crippen molar-refractivity contribution in [3.63, 3.8) is 0 Å². The first-order valence-corrected chi connectivity index (χ1v) is 7.17. The molecule has 1 aromatic carbocycles. The van der Waals surface area contributed by atoms with Gasteiger partial charge in [0.05, 0.1) is 19.3 Å². The Balaban J connectivity index is 2.39. The highest BCUT2D eigenvalue weighted by Gasteiger charge is 2.30. The number of aryl methyl sites for hydroxylation is 2. The van der Waals surface area contributed by atoms with E-state index in [4.69, 9.17) is 9.47 Å². The van der Waals surface area contributed by atoms with Gasteiger partial charge in [-0.3, -0.25) is 0 Å². The first-order chi connectivity index (χ1) is 9.17. The molecule has 1 N–H and O–H groups in total. The van der Waals surface area contributed by atoms with Gasteiger partial charge < -0.3 is 14.8 Å². The molecule has 0 amide bonds. The summed E-state index contributed by atoms with van der Waals surface area (Å²) in [4.78, 5) is 0. The number of rotatable bonds is 5. The zero-order chi connectivity index (χ0) is 13.8. The molecule has 0 bridgehead atoms. The van der Waals surface area contributed by atoms with Crippen molar-refractivity contribution < 1.29 is 9.47 Å². The van der Waals surface area contributed by atoms with Gasteiger partial charge >= 0.3 is 0 Å². The maximum Gasteiger partial charge on any atom is 0.124 e. The molecule has 106 valence electrons. The second-order valence-corrected chi connectivity index (χ2v) is 5.28. The average Bonchev–Trinajstić information content (AvgIpc) is 2.89. The highest BCUT2D eigenvalue weighted by molar-refractivity contribution is 5.45. The Morgan fingerprint density at radius 1 is 1.42 bits per heavy atom. The predicted octanol–water partition coefficient (Wildman–Crippen LogP) is 3.14. The minimum absolute atomic E-state index is 0.225. The lowest BCUT2D eigenvalue weighted by Gasteiger charge is -2.27. The number of nitrogens with one attached hydrogen (secondary N) is 1. The van der Waals surface area contributed by atoms with E-state index in [0.717, 1.165) is 31.7 Å². The van der Waals surface area contributed by atoms with Crippen LogP contribution in [0.5, 0.6) is 5.75 Å². The van der Waals surface area contributed by atoms with Crippen LogP contribution in [0.15, 0.2) is 12.1 Å². The Morgan fingerprint density at radius 2 is 2.21 bits per heavy atom. The quantitative estimate of drug-likeness (QED) is 0.885. The third-order valence-corrected chi connectivity index (χ3v) is 3.78. The van der Waals surface area contributed by atoms with Crippen LogP contribution < -0.4 is 10.1 Å². The average molecular weight is 263 g/mol. The molecule has 1 aliphatic heterocycles. The first kappa shape index (κ1) is 14.4. The van der Waals surface area contributed by atoms with Gasteiger partial charge in [0.2, 0.25) is 0 Å². The van der Waals surface area contributed by atoms with Crippen LogP contribution in [0.4, 0.5) is 0 Å². The third kappa shape index (κ3) is 3.10. The fourth-order valence-corrected chi connectivity index (χ4v) is 3.01. The Hall–Kier alpha value is -1.06. The maximum absolute atomic E-state index is 5.89. The van der Waals surface area contributed by atoms with E-state index in [-0.39, 0.29) is 12.1 Å². The molecule has 0 saturated carbocycles. The summed E-state index contributed by atoms with van der Waals surface area (Å²) in [6.07, 6.45) is 2.53. The topological polar surface area (TPSA) is 30.5 Å². The minimum atomic E-state index is 0.225. The Morgan fingerprint density at radius 3 is 2.79 bits per heavy atom. The number of likely N-dealkylation sites (N-methyl/N-ethyl adjacent to an activating group) is 1. The van der Waals surface area contributed by atoms with E-state index in [0.29, 0.717) is 0 Å². The lowest BCUT2D eigenvalue weighted by Crippen LogP contribution is -2.32. The maximum atomic E-state index is 5.89. The standard InChI is InChI=1S/C16H25NO2/c1-5-17-16(13-7-6-8-19-13)15-12(3)9-11(2)10-14(15)18-4/h9-10,13,16-17H,5-8H2,1-4H3. The van der Waals surface area contributed by atoms with Crippen molar-refractivity contribution in [3.05, 3.63) is 28.8 Å². The van der Waals surface area contributed by atoms with Crippen LogP contribution in [0, 0.1) is 13.8 Å². The molecule has 19 heavy (non-hydrogen) atoms. The van der Waals surface area contributed by atoms with Gasteiger partial charge in [0.1, 0.15) is 5.75 Å². The molecule has 0 aliphatic carbocycles. The molecule has 3 nitrogen and oxygen atoms in total. The summed E-state index contributed by atoms with van der Waals surface area (Å²) in [5, 5.41) is 3.57. The molecule has 1 aromatic rings. The highest BCUT2D eigenvalue weighted by atomic mass is 16.5. The van der Waals surface area contributed by atoms with E-state index in [1.165, 1.54) is 16.7 Å². The molecule has 0 radical (unpaired) electrons. The summed E-state index contributed by atoms with van der Waals surface area (Å²) < 4.78 is 11.5. The number of hydrogen-bond acceptors (Lipinski definition) is 3. The second-order valence-electron chi connectivity index (χ2n) is 5.28. The van der Waals surface area contributed by atoms with Gasteiger partial charge in [-0.2, -0.15) is 0 Å². The van der Waals surface area contributed by atoms with Crippen molar-refractivity contribution >= 4 is 0 Å². The van der Waals surface area contributed by atoms with Crippen LogP contribution in [0.2, 0.25) is 0 Å². The van der Waals surface area contributed by atoms with E-state index in [9.17, 15) is 0 Å². The van der Waals surface area contributed by atoms with Crippen LogP contribution in [0.3, 0.4) is 0 Å². The molecule has 2 rings (SSSR count). The van der Waals surface area contributed by atoms with Crippen LogP contribution in [-0.4, -0.2) is 26.4 Å². The SMILES string of the molecule is CCNC(c1c(C)cc(C)cc1OC)C1CCCO1. The van der Waals surface area contributed by atoms with Crippen molar-refractivity contribution in [2.45, 2.75) is 45.8 Å². The monoisotopic (exact) mass is 263 g/mol. The second kappa shape index (κ2) is 6.40. The largest absolute Gasteiger partial charge is 0.496 e. The predicted molar refractivity (Wildman–Crippen MR) is 77.9 cm³/mol. The minimum Gasteiger partial charge on any atom is -0.496 e. The first-order valence-electron chi connectivity index (χ1n) is 7.17. The van der Waals surface area contributed by atoms with E-state index in [1.54, 1.807) is 7.11 Å². The normalized spacial score (nSPS) is 20.5. The zero-order valence-corrected chi connectivity index (χ0v) is 12.5. The fraction of sp³-hybridized carbons (Fsp3) is 0.625. The Labute approximate surface area is 116 Å². The zero-order valence-electron chi connectivity index (χ0n) is 12.5. The smallest absolute Gasteiger partial charge is 0.124 e. The molecule has 1 fully saturated rings. The van der Waals surface area contributed by atoms with Gasteiger partial charge in [-0.25, -0.2) is 0 Å². The summed E-state index contributed by atoms with van der Waals surface area (Å²) in [6, 6.07) is 4.56. The molecule has 1 saturated heterocycles. The number of benzene rings is 1. The summed E-state index contributed by atoms with van der Waals surface area (Å²) in [7, 11) is 1.75. The molecule has 1 heterocycles. The van der Waals surface area contributed by atoms with Gasteiger partial charge in [0.15, 0.2) is 0 Å². The molecule has 2 unspecified atom stereocenters. The number of hydrogen-bond donors (Lipinski definition) is 1. The van der Waals surface area contributed by atoms with Gasteiger partial charge in [0.25, 0.3) is 0 Å². The summed E-state index contributed by atoms with van der Waals surface area (Å²) in [5.74, 6) is 0.971. The molecule has 1 aliphatic rings. The Kier molecular flexibility index (Phi) is 4.83. The summed E-state index contributed by atoms with van der Waals surface area (Å²) in [6.45, 7) is 8.20. The van der Waals surface area contributed by atoms with Crippen LogP contribution in [0.1, 0.15) is 42.5 Å². The number of methoxy groups -OCH3 is 1. The van der Waals surface area contributed by atoms with Crippen molar-refractivity contribution in [1.82, 2.24) is 5.32 Å². The highest BCUT2D eigenvalue weighted by Crippen LogP contribution is 2.35. The molecule has 2 atom stereocenters. The lowest BCUT2D eigenvalue weighted by atomic mass is 9.93.